The molecule has 2 atom stereocenters. The van der Waals surface area contributed by atoms with Gasteiger partial charge in [-0.25, -0.2) is 0 Å². The molecule has 0 unspecified atom stereocenters. The zero-order valence-electron chi connectivity index (χ0n) is 16.3. The number of nitrogens with one attached hydrogen (secondary N) is 1. The Morgan fingerprint density at radius 3 is 2.61 bits per heavy atom. The summed E-state index contributed by atoms with van der Waals surface area (Å²) >= 11 is 1.59. The van der Waals surface area contributed by atoms with Crippen molar-refractivity contribution >= 4 is 29.4 Å². The van der Waals surface area contributed by atoms with Crippen LogP contribution in [0.4, 0.5) is 5.82 Å². The van der Waals surface area contributed by atoms with Crippen LogP contribution in [0.3, 0.4) is 0 Å². The smallest absolute Gasteiger partial charge is 0.260 e. The molecular weight excluding hydrogens is 380 g/mol. The van der Waals surface area contributed by atoms with Gasteiger partial charge in [0, 0.05) is 29.6 Å². The van der Waals surface area contributed by atoms with Gasteiger partial charge in [-0.3, -0.25) is 14.3 Å². The van der Waals surface area contributed by atoms with Crippen molar-refractivity contribution in [3.63, 3.8) is 0 Å². The molecule has 2 amide bonds. The van der Waals surface area contributed by atoms with Crippen molar-refractivity contribution < 1.29 is 19.1 Å². The zero-order valence-corrected chi connectivity index (χ0v) is 17.2. The van der Waals surface area contributed by atoms with Gasteiger partial charge in [-0.1, -0.05) is 6.07 Å². The van der Waals surface area contributed by atoms with Gasteiger partial charge in [-0.2, -0.15) is 5.10 Å². The highest BCUT2D eigenvalue weighted by Gasteiger charge is 2.58. The van der Waals surface area contributed by atoms with Crippen LogP contribution in [-0.2, 0) is 11.8 Å². The molecule has 148 valence electrons. The normalized spacial score (nSPS) is 22.0. The lowest BCUT2D eigenvalue weighted by molar-refractivity contribution is -0.121. The van der Waals surface area contributed by atoms with Gasteiger partial charge in [0.1, 0.15) is 11.4 Å². The summed E-state index contributed by atoms with van der Waals surface area (Å²) in [4.78, 5) is 28.1. The predicted octanol–water partition coefficient (Wildman–Crippen LogP) is 2.42. The number of hydrogen-bond donors (Lipinski definition) is 1. The van der Waals surface area contributed by atoms with Crippen molar-refractivity contribution in [1.82, 2.24) is 14.7 Å². The Balaban J connectivity index is 1.73. The number of anilines is 1. The summed E-state index contributed by atoms with van der Waals surface area (Å²) < 4.78 is 11.9. The number of nitrogens with zero attached hydrogens (tertiary/aromatic N) is 3. The number of benzene rings is 1. The summed E-state index contributed by atoms with van der Waals surface area (Å²) in [5.41, 5.74) is 1.30. The van der Waals surface area contributed by atoms with Crippen LogP contribution in [0.25, 0.3) is 0 Å². The summed E-state index contributed by atoms with van der Waals surface area (Å²) in [6.45, 7) is 3.96. The third kappa shape index (κ3) is 2.64. The number of aromatic nitrogens is 2. The first kappa shape index (κ1) is 18.7. The first-order chi connectivity index (χ1) is 13.3. The minimum Gasteiger partial charge on any atom is -0.493 e. The van der Waals surface area contributed by atoms with E-state index in [1.54, 1.807) is 46.7 Å². The number of carbonyl (C=O) groups is 2. The van der Waals surface area contributed by atoms with E-state index < -0.39 is 10.8 Å². The van der Waals surface area contributed by atoms with E-state index in [0.717, 1.165) is 5.56 Å². The van der Waals surface area contributed by atoms with Crippen molar-refractivity contribution in [1.29, 1.82) is 0 Å². The fourth-order valence-corrected chi connectivity index (χ4v) is 5.51. The maximum Gasteiger partial charge on any atom is 0.260 e. The third-order valence-electron chi connectivity index (χ3n) is 5.11. The molecule has 1 aromatic carbocycles. The Kier molecular flexibility index (Phi) is 4.29. The summed E-state index contributed by atoms with van der Waals surface area (Å²) in [5.74, 6) is 0.872. The standard InChI is InChI=1S/C19H22N4O4S/c1-19(2)15(16(24)20-12-8-9-22(3)21-12)23-17(25)13-10(18(23)28-19)6-7-11(26-4)14(13)27-5/h6-9,15,18H,1-5H3,(H,20,21,24)/t15-,18+/m0/s1. The largest absolute Gasteiger partial charge is 0.493 e. The average molecular weight is 402 g/mol. The maximum atomic E-state index is 13.4. The van der Waals surface area contributed by atoms with Crippen molar-refractivity contribution in [2.24, 2.45) is 7.05 Å². The second-order valence-electron chi connectivity index (χ2n) is 7.32. The number of ether oxygens (including phenoxy) is 2. The van der Waals surface area contributed by atoms with E-state index in [4.69, 9.17) is 9.47 Å². The van der Waals surface area contributed by atoms with Gasteiger partial charge in [0.15, 0.2) is 17.3 Å². The highest BCUT2D eigenvalue weighted by Crippen LogP contribution is 2.58. The fourth-order valence-electron chi connectivity index (χ4n) is 3.93. The van der Waals surface area contributed by atoms with E-state index in [1.165, 1.54) is 14.2 Å². The monoisotopic (exact) mass is 402 g/mol. The Labute approximate surface area is 167 Å². The summed E-state index contributed by atoms with van der Waals surface area (Å²) in [6, 6.07) is 4.74. The van der Waals surface area contributed by atoms with Gasteiger partial charge >= 0.3 is 0 Å². The first-order valence-electron chi connectivity index (χ1n) is 8.84. The number of thioether (sulfide) groups is 1. The Hall–Kier alpha value is -2.68. The topological polar surface area (TPSA) is 85.7 Å². The van der Waals surface area contributed by atoms with Gasteiger partial charge in [0.2, 0.25) is 5.91 Å². The predicted molar refractivity (Wildman–Crippen MR) is 106 cm³/mol. The van der Waals surface area contributed by atoms with Crippen LogP contribution >= 0.6 is 11.8 Å². The molecule has 2 aliphatic rings. The molecule has 1 aromatic heterocycles. The maximum absolute atomic E-state index is 13.4. The van der Waals surface area contributed by atoms with E-state index in [0.29, 0.717) is 22.9 Å². The molecule has 2 aromatic rings. The number of aryl methyl sites for hydroxylation is 1. The summed E-state index contributed by atoms with van der Waals surface area (Å²) in [7, 11) is 4.82. The molecule has 9 heteroatoms. The number of fused-ring (bicyclic) bond motifs is 3. The van der Waals surface area contributed by atoms with Crippen LogP contribution in [0.15, 0.2) is 24.4 Å². The molecule has 0 radical (unpaired) electrons. The van der Waals surface area contributed by atoms with Crippen LogP contribution in [0.1, 0.15) is 35.1 Å². The molecule has 1 fully saturated rings. The van der Waals surface area contributed by atoms with Crippen molar-refractivity contribution in [2.45, 2.75) is 30.0 Å². The molecule has 0 bridgehead atoms. The first-order valence-corrected chi connectivity index (χ1v) is 9.72. The molecule has 3 heterocycles. The van der Waals surface area contributed by atoms with E-state index in [1.807, 2.05) is 19.9 Å². The molecule has 28 heavy (non-hydrogen) atoms. The molecule has 8 nitrogen and oxygen atoms in total. The number of amides is 2. The molecule has 1 N–H and O–H groups in total. The van der Waals surface area contributed by atoms with Gasteiger partial charge in [0.25, 0.3) is 5.91 Å². The highest BCUT2D eigenvalue weighted by molar-refractivity contribution is 8.01. The van der Waals surface area contributed by atoms with E-state index in [2.05, 4.69) is 10.4 Å². The van der Waals surface area contributed by atoms with Crippen LogP contribution in [0.2, 0.25) is 0 Å². The van der Waals surface area contributed by atoms with Crippen LogP contribution in [-0.4, -0.2) is 51.5 Å². The molecule has 0 saturated carbocycles. The van der Waals surface area contributed by atoms with Crippen LogP contribution in [0, 0.1) is 0 Å². The molecule has 2 aliphatic heterocycles. The molecular formula is C19H22N4O4S. The minimum absolute atomic E-state index is 0.227. The second-order valence-corrected chi connectivity index (χ2v) is 9.05. The SMILES string of the molecule is COc1ccc2c(c1OC)C(=O)N1[C@@H]2SC(C)(C)[C@@H]1C(=O)Nc1ccn(C)n1. The van der Waals surface area contributed by atoms with Crippen molar-refractivity contribution in [2.75, 3.05) is 19.5 Å². The Morgan fingerprint density at radius 1 is 1.25 bits per heavy atom. The van der Waals surface area contributed by atoms with Crippen LogP contribution in [0.5, 0.6) is 11.5 Å². The van der Waals surface area contributed by atoms with Crippen molar-refractivity contribution in [3.05, 3.63) is 35.5 Å². The second kappa shape index (κ2) is 6.44. The molecule has 0 aliphatic carbocycles. The highest BCUT2D eigenvalue weighted by atomic mass is 32.2. The zero-order chi connectivity index (χ0) is 20.2. The molecule has 1 saturated heterocycles. The average Bonchev–Trinajstić information content (AvgIpc) is 3.26. The third-order valence-corrected chi connectivity index (χ3v) is 6.65. The number of methoxy groups -OCH3 is 2. The number of rotatable bonds is 4. The Morgan fingerprint density at radius 2 is 2.00 bits per heavy atom. The molecule has 4 rings (SSSR count). The van der Waals surface area contributed by atoms with E-state index in [-0.39, 0.29) is 17.2 Å². The van der Waals surface area contributed by atoms with Crippen LogP contribution < -0.4 is 14.8 Å². The quantitative estimate of drug-likeness (QED) is 0.845. The van der Waals surface area contributed by atoms with Crippen molar-refractivity contribution in [3.8, 4) is 11.5 Å². The number of hydrogen-bond acceptors (Lipinski definition) is 6. The van der Waals surface area contributed by atoms with E-state index >= 15 is 0 Å². The van der Waals surface area contributed by atoms with E-state index in [9.17, 15) is 9.59 Å². The fraction of sp³-hybridized carbons (Fsp3) is 0.421. The van der Waals surface area contributed by atoms with Gasteiger partial charge < -0.3 is 19.7 Å². The lowest BCUT2D eigenvalue weighted by Gasteiger charge is -2.29. The summed E-state index contributed by atoms with van der Waals surface area (Å²) in [6.07, 6.45) is 1.75. The number of carbonyl (C=O) groups excluding carboxylic acids is 2. The van der Waals surface area contributed by atoms with Gasteiger partial charge in [-0.05, 0) is 19.9 Å². The van der Waals surface area contributed by atoms with Gasteiger partial charge in [0.05, 0.1) is 19.8 Å². The minimum atomic E-state index is -0.653. The van der Waals surface area contributed by atoms with Gasteiger partial charge in [-0.15, -0.1) is 11.8 Å². The Bertz CT molecular complexity index is 971. The molecule has 0 spiro atoms. The lowest BCUT2D eigenvalue weighted by atomic mass is 10.0. The summed E-state index contributed by atoms with van der Waals surface area (Å²) in [5, 5.41) is 6.79. The lowest BCUT2D eigenvalue weighted by Crippen LogP contribution is -2.50.